The highest BCUT2D eigenvalue weighted by Crippen LogP contribution is 2.42. The number of nitrogens with one attached hydrogen (secondary N) is 2. The van der Waals surface area contributed by atoms with Crippen LogP contribution in [0.15, 0.2) is 47.4 Å². The number of anilines is 2. The van der Waals surface area contributed by atoms with E-state index >= 15 is 0 Å². The molecular weight excluding hydrogens is 586 g/mol. The number of benzene rings is 3. The number of hydrogen-bond donors (Lipinski definition) is 3. The average molecular weight is 602 g/mol. The number of hydrogen-bond acceptors (Lipinski definition) is 6. The molecule has 1 heterocycles. The summed E-state index contributed by atoms with van der Waals surface area (Å²) in [6.07, 6.45) is 0. The molecule has 0 unspecified atom stereocenters. The summed E-state index contributed by atoms with van der Waals surface area (Å²) in [5, 5.41) is 13.7. The van der Waals surface area contributed by atoms with Crippen LogP contribution in [0.4, 0.5) is 11.4 Å². The molecule has 0 atom stereocenters. The molecule has 0 aromatic heterocycles. The third-order valence-electron chi connectivity index (χ3n) is 5.00. The van der Waals surface area contributed by atoms with E-state index in [4.69, 9.17) is 55.9 Å². The van der Waals surface area contributed by atoms with E-state index in [0.717, 1.165) is 0 Å². The Balaban J connectivity index is 1.43. The summed E-state index contributed by atoms with van der Waals surface area (Å²) < 4.78 is 11.0. The first kappa shape index (κ1) is 27.2. The second kappa shape index (κ2) is 11.7. The lowest BCUT2D eigenvalue weighted by molar-refractivity contribution is -0.113. The van der Waals surface area contributed by atoms with Gasteiger partial charge in [-0.05, 0) is 30.3 Å². The number of halogens is 4. The third-order valence-corrected chi connectivity index (χ3v) is 7.79. The maximum absolute atomic E-state index is 12.9. The first-order valence-electron chi connectivity index (χ1n) is 10.5. The minimum Gasteiger partial charge on any atom is -0.486 e. The Morgan fingerprint density at radius 3 is 2.16 bits per heavy atom. The molecule has 1 aliphatic rings. The molecule has 0 bridgehead atoms. The molecule has 37 heavy (non-hydrogen) atoms. The van der Waals surface area contributed by atoms with E-state index in [0.29, 0.717) is 41.0 Å². The maximum atomic E-state index is 12.9. The summed E-state index contributed by atoms with van der Waals surface area (Å²) in [6, 6.07) is 11.8. The minimum absolute atomic E-state index is 0.0865. The Labute approximate surface area is 235 Å². The van der Waals surface area contributed by atoms with Gasteiger partial charge in [0.05, 0.1) is 37.0 Å². The maximum Gasteiger partial charge on any atom is 0.338 e. The fourth-order valence-electron chi connectivity index (χ4n) is 3.37. The molecule has 13 heteroatoms. The molecule has 2 amide bonds. The monoisotopic (exact) mass is 600 g/mol. The normalized spacial score (nSPS) is 12.1. The van der Waals surface area contributed by atoms with E-state index in [9.17, 15) is 19.5 Å². The van der Waals surface area contributed by atoms with Crippen molar-refractivity contribution in [3.63, 3.8) is 0 Å². The standard InChI is InChI=1S/C24H16Cl4N2O6S/c25-19-17(18(24(33)34)20(26)22(28)21(19)27)23(32)30-11-2-1-3-13(8-11)37-10-16(31)29-12-4-5-14-15(9-12)36-7-6-35-14/h1-5,8-9H,6-7,10H2,(H,29,31)(H,30,32)(H,33,34). The van der Waals surface area contributed by atoms with Crippen molar-refractivity contribution in [3.05, 3.63) is 73.7 Å². The van der Waals surface area contributed by atoms with Gasteiger partial charge in [0, 0.05) is 22.3 Å². The number of rotatable bonds is 7. The van der Waals surface area contributed by atoms with Crippen LogP contribution in [0.25, 0.3) is 0 Å². The minimum atomic E-state index is -1.50. The molecule has 3 aromatic rings. The largest absolute Gasteiger partial charge is 0.486 e. The van der Waals surface area contributed by atoms with Crippen molar-refractivity contribution in [3.8, 4) is 11.5 Å². The van der Waals surface area contributed by atoms with Gasteiger partial charge in [-0.15, -0.1) is 11.8 Å². The topological polar surface area (TPSA) is 114 Å². The smallest absolute Gasteiger partial charge is 0.338 e. The molecule has 0 saturated heterocycles. The van der Waals surface area contributed by atoms with Crippen molar-refractivity contribution in [2.75, 3.05) is 29.6 Å². The van der Waals surface area contributed by atoms with Crippen LogP contribution in [0.2, 0.25) is 20.1 Å². The summed E-state index contributed by atoms with van der Waals surface area (Å²) in [4.78, 5) is 37.8. The number of carbonyl (C=O) groups is 3. The van der Waals surface area contributed by atoms with Gasteiger partial charge in [-0.2, -0.15) is 0 Å². The van der Waals surface area contributed by atoms with E-state index in [2.05, 4.69) is 10.6 Å². The van der Waals surface area contributed by atoms with Crippen molar-refractivity contribution in [1.82, 2.24) is 0 Å². The summed E-state index contributed by atoms with van der Waals surface area (Å²) in [6.45, 7) is 0.916. The number of carboxylic acids is 1. The Kier molecular flexibility index (Phi) is 8.61. The quantitative estimate of drug-likeness (QED) is 0.156. The predicted octanol–water partition coefficient (Wildman–Crippen LogP) is 6.75. The first-order chi connectivity index (χ1) is 17.7. The zero-order chi connectivity index (χ0) is 26.7. The molecule has 1 aliphatic heterocycles. The van der Waals surface area contributed by atoms with E-state index < -0.39 is 28.0 Å². The van der Waals surface area contributed by atoms with E-state index in [1.165, 1.54) is 11.8 Å². The van der Waals surface area contributed by atoms with E-state index in [1.54, 1.807) is 42.5 Å². The second-order valence-corrected chi connectivity index (χ2v) is 10.0. The number of thioether (sulfide) groups is 1. The molecule has 0 saturated carbocycles. The predicted molar refractivity (Wildman–Crippen MR) is 145 cm³/mol. The van der Waals surface area contributed by atoms with Crippen LogP contribution in [0, 0.1) is 0 Å². The lowest BCUT2D eigenvalue weighted by Gasteiger charge is -2.19. The van der Waals surface area contributed by atoms with Gasteiger partial charge in [-0.1, -0.05) is 52.5 Å². The number of carboxylic acid groups (broad SMARTS) is 1. The highest BCUT2D eigenvalue weighted by atomic mass is 35.5. The molecule has 3 aromatic carbocycles. The summed E-state index contributed by atoms with van der Waals surface area (Å²) in [7, 11) is 0. The lowest BCUT2D eigenvalue weighted by atomic mass is 10.1. The van der Waals surface area contributed by atoms with Crippen molar-refractivity contribution < 1.29 is 29.0 Å². The van der Waals surface area contributed by atoms with Gasteiger partial charge in [0.1, 0.15) is 13.2 Å². The van der Waals surface area contributed by atoms with Crippen LogP contribution < -0.4 is 20.1 Å². The molecule has 0 spiro atoms. The Hall–Kier alpha value is -2.82. The zero-order valence-corrected chi connectivity index (χ0v) is 22.4. The van der Waals surface area contributed by atoms with Gasteiger partial charge in [-0.25, -0.2) is 4.79 Å². The average Bonchev–Trinajstić information content (AvgIpc) is 2.88. The highest BCUT2D eigenvalue weighted by Gasteiger charge is 2.29. The number of amides is 2. The molecule has 0 aliphatic carbocycles. The summed E-state index contributed by atoms with van der Waals surface area (Å²) >= 11 is 25.4. The molecule has 3 N–H and O–H groups in total. The lowest BCUT2D eigenvalue weighted by Crippen LogP contribution is -2.18. The van der Waals surface area contributed by atoms with Crippen molar-refractivity contribution in [1.29, 1.82) is 0 Å². The number of ether oxygens (including phenoxy) is 2. The van der Waals surface area contributed by atoms with Gasteiger partial charge < -0.3 is 25.2 Å². The van der Waals surface area contributed by atoms with Crippen LogP contribution in [0.1, 0.15) is 20.7 Å². The fourth-order valence-corrected chi connectivity index (χ4v) is 5.14. The second-order valence-electron chi connectivity index (χ2n) is 7.49. The molecule has 8 nitrogen and oxygen atoms in total. The Bertz CT molecular complexity index is 1420. The van der Waals surface area contributed by atoms with Gasteiger partial charge in [0.2, 0.25) is 5.91 Å². The number of aromatic carboxylic acids is 1. The van der Waals surface area contributed by atoms with E-state index in [1.807, 2.05) is 0 Å². The van der Waals surface area contributed by atoms with E-state index in [-0.39, 0.29) is 26.7 Å². The third kappa shape index (κ3) is 6.19. The zero-order valence-electron chi connectivity index (χ0n) is 18.6. The van der Waals surface area contributed by atoms with Crippen molar-refractivity contribution in [2.45, 2.75) is 4.90 Å². The van der Waals surface area contributed by atoms with Crippen LogP contribution >= 0.6 is 58.2 Å². The van der Waals surface area contributed by atoms with Gasteiger partial charge in [0.25, 0.3) is 5.91 Å². The van der Waals surface area contributed by atoms with Crippen LogP contribution in [0.3, 0.4) is 0 Å². The summed E-state index contributed by atoms with van der Waals surface area (Å²) in [5.74, 6) is -1.32. The molecule has 4 rings (SSSR count). The Morgan fingerprint density at radius 1 is 0.811 bits per heavy atom. The summed E-state index contributed by atoms with van der Waals surface area (Å²) in [5.41, 5.74) is -0.0931. The van der Waals surface area contributed by atoms with Crippen molar-refractivity contribution >= 4 is 87.3 Å². The molecule has 192 valence electrons. The first-order valence-corrected chi connectivity index (χ1v) is 13.0. The number of carbonyl (C=O) groups excluding carboxylic acids is 2. The number of fused-ring (bicyclic) bond motifs is 1. The van der Waals surface area contributed by atoms with Crippen LogP contribution in [-0.4, -0.2) is 41.9 Å². The highest BCUT2D eigenvalue weighted by molar-refractivity contribution is 8.00. The van der Waals surface area contributed by atoms with Gasteiger partial charge >= 0.3 is 5.97 Å². The van der Waals surface area contributed by atoms with Gasteiger partial charge in [0.15, 0.2) is 11.5 Å². The van der Waals surface area contributed by atoms with Crippen molar-refractivity contribution in [2.24, 2.45) is 0 Å². The van der Waals surface area contributed by atoms with Gasteiger partial charge in [-0.3, -0.25) is 9.59 Å². The molecule has 0 fully saturated rings. The molecule has 0 radical (unpaired) electrons. The molecular formula is C24H16Cl4N2O6S. The SMILES string of the molecule is O=C(CSc1cccc(NC(=O)c2c(Cl)c(Cl)c(Cl)c(Cl)c2C(=O)O)c1)Nc1ccc2c(c1)OCCO2. The van der Waals surface area contributed by atoms with Crippen LogP contribution in [0.5, 0.6) is 11.5 Å². The fraction of sp³-hybridized carbons (Fsp3) is 0.125. The van der Waals surface area contributed by atoms with Crippen LogP contribution in [-0.2, 0) is 4.79 Å². The Morgan fingerprint density at radius 2 is 1.46 bits per heavy atom.